The van der Waals surface area contributed by atoms with Crippen molar-refractivity contribution in [3.8, 4) is 0 Å². The van der Waals surface area contributed by atoms with Gasteiger partial charge in [-0.1, -0.05) is 104 Å². The fourth-order valence-electron chi connectivity index (χ4n) is 4.74. The summed E-state index contributed by atoms with van der Waals surface area (Å²) in [7, 11) is 0. The van der Waals surface area contributed by atoms with E-state index in [-0.39, 0.29) is 23.8 Å². The molecule has 4 nitrogen and oxygen atoms in total. The number of hydrogen-bond donors (Lipinski definition) is 0. The van der Waals surface area contributed by atoms with Gasteiger partial charge in [0.15, 0.2) is 0 Å². The second-order valence-corrected chi connectivity index (χ2v) is 10.7. The summed E-state index contributed by atoms with van der Waals surface area (Å²) in [6, 6.07) is 0. The van der Waals surface area contributed by atoms with Crippen LogP contribution in [0.15, 0.2) is 0 Å². The molecule has 1 saturated carbocycles. The van der Waals surface area contributed by atoms with E-state index >= 15 is 0 Å². The summed E-state index contributed by atoms with van der Waals surface area (Å²) < 4.78 is 11.0. The lowest BCUT2D eigenvalue weighted by atomic mass is 9.82. The molecule has 0 spiro atoms. The molecule has 0 heterocycles. The van der Waals surface area contributed by atoms with Crippen molar-refractivity contribution in [2.45, 2.75) is 143 Å². The molecule has 0 saturated heterocycles. The smallest absolute Gasteiger partial charge is 0.308 e. The van der Waals surface area contributed by atoms with Crippen LogP contribution >= 0.6 is 0 Å². The molecule has 0 radical (unpaired) electrons. The maximum Gasteiger partial charge on any atom is 0.308 e. The van der Waals surface area contributed by atoms with E-state index in [0.29, 0.717) is 13.2 Å². The van der Waals surface area contributed by atoms with Crippen LogP contribution in [0.5, 0.6) is 0 Å². The molecule has 33 heavy (non-hydrogen) atoms. The van der Waals surface area contributed by atoms with Crippen LogP contribution in [0.25, 0.3) is 0 Å². The SMILES string of the molecule is CCCCCCCCCCCCOC(=O)C1CCC(C(=O)OCCCCCCC(C)C)CC1. The van der Waals surface area contributed by atoms with Gasteiger partial charge in [-0.2, -0.15) is 0 Å². The van der Waals surface area contributed by atoms with Crippen LogP contribution in [-0.4, -0.2) is 25.2 Å². The molecule has 4 heteroatoms. The van der Waals surface area contributed by atoms with Crippen LogP contribution in [0.1, 0.15) is 143 Å². The van der Waals surface area contributed by atoms with Gasteiger partial charge in [-0.25, -0.2) is 0 Å². The van der Waals surface area contributed by atoms with Gasteiger partial charge in [-0.3, -0.25) is 9.59 Å². The van der Waals surface area contributed by atoms with Gasteiger partial charge in [0.05, 0.1) is 25.0 Å². The average Bonchev–Trinajstić information content (AvgIpc) is 2.81. The lowest BCUT2D eigenvalue weighted by Crippen LogP contribution is -2.28. The molecule has 1 aliphatic carbocycles. The average molecular weight is 467 g/mol. The Morgan fingerprint density at radius 3 is 1.36 bits per heavy atom. The predicted octanol–water partition coefficient (Wildman–Crippen LogP) is 8.41. The van der Waals surface area contributed by atoms with Crippen molar-refractivity contribution in [3.63, 3.8) is 0 Å². The Morgan fingerprint density at radius 1 is 0.606 bits per heavy atom. The third kappa shape index (κ3) is 16.2. The number of hydrogen-bond acceptors (Lipinski definition) is 4. The van der Waals surface area contributed by atoms with Gasteiger partial charge >= 0.3 is 11.9 Å². The molecule has 0 bridgehead atoms. The molecule has 0 unspecified atom stereocenters. The van der Waals surface area contributed by atoms with E-state index in [1.54, 1.807) is 0 Å². The summed E-state index contributed by atoms with van der Waals surface area (Å²) in [6.45, 7) is 7.87. The summed E-state index contributed by atoms with van der Waals surface area (Å²) in [5.41, 5.74) is 0. The quantitative estimate of drug-likeness (QED) is 0.133. The third-order valence-corrected chi connectivity index (χ3v) is 7.06. The monoisotopic (exact) mass is 466 g/mol. The lowest BCUT2D eigenvalue weighted by molar-refractivity contribution is -0.155. The van der Waals surface area contributed by atoms with Gasteiger partial charge in [-0.05, 0) is 44.4 Å². The Labute approximate surface area is 205 Å². The first-order valence-corrected chi connectivity index (χ1v) is 14.4. The molecule has 0 aromatic rings. The molecular weight excluding hydrogens is 412 g/mol. The summed E-state index contributed by atoms with van der Waals surface area (Å²) in [5, 5.41) is 0. The van der Waals surface area contributed by atoms with E-state index in [0.717, 1.165) is 57.3 Å². The fourth-order valence-corrected chi connectivity index (χ4v) is 4.74. The summed E-state index contributed by atoms with van der Waals surface area (Å²) in [5.74, 6) is 0.596. The Kier molecular flexibility index (Phi) is 18.5. The minimum atomic E-state index is -0.0608. The molecule has 0 aromatic carbocycles. The van der Waals surface area contributed by atoms with Gasteiger partial charge in [-0.15, -0.1) is 0 Å². The highest BCUT2D eigenvalue weighted by Gasteiger charge is 2.31. The van der Waals surface area contributed by atoms with Crippen LogP contribution in [0.2, 0.25) is 0 Å². The molecule has 1 rings (SSSR count). The highest BCUT2D eigenvalue weighted by molar-refractivity contribution is 5.75. The van der Waals surface area contributed by atoms with Crippen LogP contribution < -0.4 is 0 Å². The largest absolute Gasteiger partial charge is 0.465 e. The van der Waals surface area contributed by atoms with Crippen molar-refractivity contribution >= 4 is 11.9 Å². The molecule has 0 aliphatic heterocycles. The van der Waals surface area contributed by atoms with Crippen LogP contribution in [-0.2, 0) is 19.1 Å². The number of rotatable bonds is 20. The predicted molar refractivity (Wildman–Crippen MR) is 137 cm³/mol. The zero-order chi connectivity index (χ0) is 24.2. The maximum atomic E-state index is 12.3. The second kappa shape index (κ2) is 20.3. The van der Waals surface area contributed by atoms with Gasteiger partial charge in [0.25, 0.3) is 0 Å². The molecule has 1 aliphatic rings. The molecule has 1 fully saturated rings. The first kappa shape index (κ1) is 30.0. The van der Waals surface area contributed by atoms with Gasteiger partial charge in [0.1, 0.15) is 0 Å². The van der Waals surface area contributed by atoms with E-state index in [1.807, 2.05) is 0 Å². The zero-order valence-corrected chi connectivity index (χ0v) is 22.2. The zero-order valence-electron chi connectivity index (χ0n) is 22.2. The lowest BCUT2D eigenvalue weighted by Gasteiger charge is -2.26. The number of carbonyl (C=O) groups is 2. The molecule has 0 aromatic heterocycles. The Balaban J connectivity index is 1.97. The minimum absolute atomic E-state index is 0.0295. The second-order valence-electron chi connectivity index (χ2n) is 10.7. The topological polar surface area (TPSA) is 52.6 Å². The first-order chi connectivity index (χ1) is 16.0. The molecular formula is C29H54O4. The van der Waals surface area contributed by atoms with E-state index in [4.69, 9.17) is 9.47 Å². The standard InChI is InChI=1S/C29H54O4/c1-4-5-6-7-8-9-10-11-13-16-23-32-28(30)26-19-21-27(22-20-26)29(31)33-24-17-14-12-15-18-25(2)3/h25-27H,4-24H2,1-3H3. The molecule has 0 N–H and O–H groups in total. The molecule has 194 valence electrons. The van der Waals surface area contributed by atoms with Crippen molar-refractivity contribution < 1.29 is 19.1 Å². The van der Waals surface area contributed by atoms with Crippen molar-refractivity contribution in [1.29, 1.82) is 0 Å². The van der Waals surface area contributed by atoms with Gasteiger partial charge < -0.3 is 9.47 Å². The first-order valence-electron chi connectivity index (χ1n) is 14.4. The highest BCUT2D eigenvalue weighted by Crippen LogP contribution is 2.30. The van der Waals surface area contributed by atoms with Crippen molar-refractivity contribution in [2.75, 3.05) is 13.2 Å². The normalized spacial score (nSPS) is 18.4. The van der Waals surface area contributed by atoms with Crippen LogP contribution in [0.4, 0.5) is 0 Å². The maximum absolute atomic E-state index is 12.3. The minimum Gasteiger partial charge on any atom is -0.465 e. The van der Waals surface area contributed by atoms with E-state index in [1.165, 1.54) is 70.6 Å². The van der Waals surface area contributed by atoms with E-state index in [9.17, 15) is 9.59 Å². The summed E-state index contributed by atoms with van der Waals surface area (Å²) in [6.07, 6.45) is 21.7. The molecule has 0 atom stereocenters. The number of esters is 2. The Morgan fingerprint density at radius 2 is 0.970 bits per heavy atom. The van der Waals surface area contributed by atoms with Crippen molar-refractivity contribution in [3.05, 3.63) is 0 Å². The van der Waals surface area contributed by atoms with E-state index in [2.05, 4.69) is 20.8 Å². The Bertz CT molecular complexity index is 480. The summed E-state index contributed by atoms with van der Waals surface area (Å²) >= 11 is 0. The van der Waals surface area contributed by atoms with Crippen molar-refractivity contribution in [1.82, 2.24) is 0 Å². The van der Waals surface area contributed by atoms with Gasteiger partial charge in [0.2, 0.25) is 0 Å². The third-order valence-electron chi connectivity index (χ3n) is 7.06. The van der Waals surface area contributed by atoms with Gasteiger partial charge in [0, 0.05) is 0 Å². The fraction of sp³-hybridized carbons (Fsp3) is 0.931. The highest BCUT2D eigenvalue weighted by atomic mass is 16.5. The van der Waals surface area contributed by atoms with E-state index < -0.39 is 0 Å². The Hall–Kier alpha value is -1.06. The molecule has 0 amide bonds. The number of unbranched alkanes of at least 4 members (excludes halogenated alkanes) is 12. The van der Waals surface area contributed by atoms with Crippen LogP contribution in [0.3, 0.4) is 0 Å². The number of carbonyl (C=O) groups excluding carboxylic acids is 2. The van der Waals surface area contributed by atoms with Crippen molar-refractivity contribution in [2.24, 2.45) is 17.8 Å². The van der Waals surface area contributed by atoms with Crippen LogP contribution in [0, 0.1) is 17.8 Å². The summed E-state index contributed by atoms with van der Waals surface area (Å²) in [4.78, 5) is 24.6. The number of ether oxygens (including phenoxy) is 2.